The highest BCUT2D eigenvalue weighted by molar-refractivity contribution is 5.67. The number of ether oxygens (including phenoxy) is 1. The van der Waals surface area contributed by atoms with Crippen molar-refractivity contribution in [2.45, 2.75) is 63.9 Å². The number of carboxylic acid groups (broad SMARTS) is 1. The van der Waals surface area contributed by atoms with Gasteiger partial charge in [0, 0.05) is 25.6 Å². The number of aryl methyl sites for hydroxylation is 2. The first-order chi connectivity index (χ1) is 15.7. The molecule has 3 rings (SSSR count). The summed E-state index contributed by atoms with van der Waals surface area (Å²) < 4.78 is 19.8. The Labute approximate surface area is 194 Å². The first-order valence-corrected chi connectivity index (χ1v) is 11.5. The molecule has 0 radical (unpaired) electrons. The zero-order valence-electron chi connectivity index (χ0n) is 19.3. The van der Waals surface area contributed by atoms with Crippen LogP contribution in [-0.4, -0.2) is 64.1 Å². The van der Waals surface area contributed by atoms with Gasteiger partial charge < -0.3 is 20.1 Å². The average Bonchev–Trinajstić information content (AvgIpc) is 3.11. The van der Waals surface area contributed by atoms with E-state index in [1.807, 2.05) is 42.2 Å². The maximum absolute atomic E-state index is 13.9. The molecule has 1 unspecified atom stereocenters. The molecule has 1 saturated heterocycles. The Balaban J connectivity index is 1.54. The fourth-order valence-electron chi connectivity index (χ4n) is 4.50. The van der Waals surface area contributed by atoms with Crippen molar-refractivity contribution < 1.29 is 29.2 Å². The second kappa shape index (κ2) is 11.7. The average molecular weight is 460 g/mol. The topological polar surface area (TPSA) is 90.2 Å². The van der Waals surface area contributed by atoms with Crippen LogP contribution < -0.4 is 0 Å². The normalized spacial score (nSPS) is 20.6. The summed E-state index contributed by atoms with van der Waals surface area (Å²) in [5, 5.41) is 29.8. The van der Waals surface area contributed by atoms with Gasteiger partial charge >= 0.3 is 5.97 Å². The van der Waals surface area contributed by atoms with Gasteiger partial charge in [-0.25, -0.2) is 4.39 Å². The Morgan fingerprint density at radius 3 is 2.76 bits per heavy atom. The van der Waals surface area contributed by atoms with Crippen LogP contribution in [0.25, 0.3) is 0 Å². The number of aliphatic carboxylic acids is 1. The molecule has 0 aliphatic carbocycles. The van der Waals surface area contributed by atoms with Crippen molar-refractivity contribution in [3.05, 3.63) is 70.5 Å². The summed E-state index contributed by atoms with van der Waals surface area (Å²) in [6.45, 7) is 4.55. The molecule has 2 aromatic carbocycles. The van der Waals surface area contributed by atoms with E-state index < -0.39 is 18.2 Å². The van der Waals surface area contributed by atoms with E-state index in [0.717, 1.165) is 16.7 Å². The number of hydrogen-bond donors (Lipinski definition) is 3. The first-order valence-electron chi connectivity index (χ1n) is 11.5. The van der Waals surface area contributed by atoms with Crippen molar-refractivity contribution in [3.8, 4) is 0 Å². The molecule has 0 spiro atoms. The minimum atomic E-state index is -0.843. The van der Waals surface area contributed by atoms with Crippen molar-refractivity contribution in [2.75, 3.05) is 19.7 Å². The Hall–Kier alpha value is -2.32. The van der Waals surface area contributed by atoms with Crippen molar-refractivity contribution in [3.63, 3.8) is 0 Å². The standard InChI is InChI=1S/C26H34FNO5/c1-17-7-8-19(12-25(17)27)11-21-13-22(29)14-28(21)15-23(30)16-33-18(2)24-6-4-3-5-20(24)9-10-26(31)32/h3-8,12,18,21-23,29-30H,9-11,13-16H2,1-2H3,(H,31,32)/t18?,21-,22-,23-/m1/s1. The van der Waals surface area contributed by atoms with Crippen LogP contribution in [0.1, 0.15) is 48.1 Å². The number of hydrogen-bond acceptors (Lipinski definition) is 5. The third-order valence-corrected chi connectivity index (χ3v) is 6.30. The van der Waals surface area contributed by atoms with Gasteiger partial charge in [-0.15, -0.1) is 0 Å². The Morgan fingerprint density at radius 1 is 1.27 bits per heavy atom. The number of carboxylic acids is 1. The van der Waals surface area contributed by atoms with Gasteiger partial charge in [-0.05, 0) is 61.4 Å². The van der Waals surface area contributed by atoms with Crippen LogP contribution in [0.15, 0.2) is 42.5 Å². The zero-order valence-corrected chi connectivity index (χ0v) is 19.3. The number of halogens is 1. The smallest absolute Gasteiger partial charge is 0.303 e. The number of carbonyl (C=O) groups is 1. The molecule has 180 valence electrons. The van der Waals surface area contributed by atoms with E-state index in [9.17, 15) is 19.4 Å². The highest BCUT2D eigenvalue weighted by atomic mass is 19.1. The molecule has 1 heterocycles. The van der Waals surface area contributed by atoms with Crippen molar-refractivity contribution in [2.24, 2.45) is 0 Å². The van der Waals surface area contributed by atoms with Crippen LogP contribution in [0.2, 0.25) is 0 Å². The molecule has 7 heteroatoms. The van der Waals surface area contributed by atoms with Gasteiger partial charge in [-0.2, -0.15) is 0 Å². The molecule has 0 saturated carbocycles. The highest BCUT2D eigenvalue weighted by Crippen LogP contribution is 2.25. The maximum atomic E-state index is 13.9. The SMILES string of the molecule is Cc1ccc(C[C@@H]2C[C@@H](O)CN2C[C@@H](O)COC(C)c2ccccc2CCC(=O)O)cc1F. The van der Waals surface area contributed by atoms with Gasteiger partial charge in [-0.1, -0.05) is 36.4 Å². The molecule has 0 amide bonds. The second-order valence-electron chi connectivity index (χ2n) is 9.01. The number of aliphatic hydroxyl groups excluding tert-OH is 2. The lowest BCUT2D eigenvalue weighted by molar-refractivity contribution is -0.136. The summed E-state index contributed by atoms with van der Waals surface area (Å²) >= 11 is 0. The third kappa shape index (κ3) is 7.33. The molecule has 0 aromatic heterocycles. The molecule has 3 N–H and O–H groups in total. The van der Waals surface area contributed by atoms with Crippen molar-refractivity contribution in [1.29, 1.82) is 0 Å². The molecular weight excluding hydrogens is 425 g/mol. The highest BCUT2D eigenvalue weighted by Gasteiger charge is 2.32. The van der Waals surface area contributed by atoms with Gasteiger partial charge in [0.25, 0.3) is 0 Å². The molecule has 0 bridgehead atoms. The molecule has 1 aliphatic heterocycles. The predicted octanol–water partition coefficient (Wildman–Crippen LogP) is 3.27. The molecule has 1 fully saturated rings. The number of aliphatic hydroxyl groups is 2. The Bertz CT molecular complexity index is 937. The van der Waals surface area contributed by atoms with Crippen molar-refractivity contribution >= 4 is 5.97 Å². The van der Waals surface area contributed by atoms with Crippen LogP contribution in [0, 0.1) is 12.7 Å². The van der Waals surface area contributed by atoms with Gasteiger partial charge in [0.05, 0.1) is 24.9 Å². The van der Waals surface area contributed by atoms with E-state index >= 15 is 0 Å². The summed E-state index contributed by atoms with van der Waals surface area (Å²) in [7, 11) is 0. The van der Waals surface area contributed by atoms with E-state index in [2.05, 4.69) is 0 Å². The van der Waals surface area contributed by atoms with E-state index in [1.54, 1.807) is 19.1 Å². The summed E-state index contributed by atoms with van der Waals surface area (Å²) in [5.41, 5.74) is 3.32. The van der Waals surface area contributed by atoms with Crippen LogP contribution in [-0.2, 0) is 22.4 Å². The predicted molar refractivity (Wildman–Crippen MR) is 124 cm³/mol. The number of benzene rings is 2. The second-order valence-corrected chi connectivity index (χ2v) is 9.01. The van der Waals surface area contributed by atoms with Gasteiger partial charge in [0.15, 0.2) is 0 Å². The summed E-state index contributed by atoms with van der Waals surface area (Å²) in [4.78, 5) is 13.0. The minimum Gasteiger partial charge on any atom is -0.481 e. The quantitative estimate of drug-likeness (QED) is 0.478. The molecule has 33 heavy (non-hydrogen) atoms. The number of likely N-dealkylation sites (tertiary alicyclic amines) is 1. The minimum absolute atomic E-state index is 0.0194. The van der Waals surface area contributed by atoms with Crippen LogP contribution >= 0.6 is 0 Å². The Morgan fingerprint density at radius 2 is 2.03 bits per heavy atom. The fourth-order valence-corrected chi connectivity index (χ4v) is 4.50. The molecule has 4 atom stereocenters. The van der Waals surface area contributed by atoms with Gasteiger partial charge in [0.2, 0.25) is 0 Å². The fraction of sp³-hybridized carbons (Fsp3) is 0.500. The monoisotopic (exact) mass is 459 g/mol. The Kier molecular flexibility index (Phi) is 8.97. The van der Waals surface area contributed by atoms with Gasteiger partial charge in [-0.3, -0.25) is 9.69 Å². The molecule has 6 nitrogen and oxygen atoms in total. The molecule has 1 aliphatic rings. The maximum Gasteiger partial charge on any atom is 0.303 e. The van der Waals surface area contributed by atoms with Crippen LogP contribution in [0.4, 0.5) is 4.39 Å². The van der Waals surface area contributed by atoms with Crippen LogP contribution in [0.5, 0.6) is 0 Å². The molecule has 2 aromatic rings. The number of β-amino-alcohol motifs (C(OH)–C–C–N with tert-alkyl or cyclic N) is 2. The lowest BCUT2D eigenvalue weighted by atomic mass is 9.99. The number of nitrogens with zero attached hydrogens (tertiary/aromatic N) is 1. The van der Waals surface area contributed by atoms with Crippen molar-refractivity contribution in [1.82, 2.24) is 4.90 Å². The molecular formula is C26H34FNO5. The lowest BCUT2D eigenvalue weighted by Gasteiger charge is -2.27. The summed E-state index contributed by atoms with van der Waals surface area (Å²) in [6, 6.07) is 12.8. The van der Waals surface area contributed by atoms with E-state index in [0.29, 0.717) is 37.9 Å². The van der Waals surface area contributed by atoms with Crippen LogP contribution in [0.3, 0.4) is 0 Å². The van der Waals surface area contributed by atoms with E-state index in [4.69, 9.17) is 9.84 Å². The lowest BCUT2D eigenvalue weighted by Crippen LogP contribution is -2.39. The zero-order chi connectivity index (χ0) is 24.0. The van der Waals surface area contributed by atoms with E-state index in [-0.39, 0.29) is 31.0 Å². The number of rotatable bonds is 11. The summed E-state index contributed by atoms with van der Waals surface area (Å²) in [6.07, 6.45) is 0.149. The van der Waals surface area contributed by atoms with Gasteiger partial charge in [0.1, 0.15) is 5.82 Å². The largest absolute Gasteiger partial charge is 0.481 e. The van der Waals surface area contributed by atoms with E-state index in [1.165, 1.54) is 0 Å². The third-order valence-electron chi connectivity index (χ3n) is 6.30. The first kappa shape index (κ1) is 25.3. The summed E-state index contributed by atoms with van der Waals surface area (Å²) in [5.74, 6) is -1.08.